The van der Waals surface area contributed by atoms with Crippen LogP contribution in [0.5, 0.6) is 0 Å². The zero-order valence-electron chi connectivity index (χ0n) is 13.1. The van der Waals surface area contributed by atoms with Crippen molar-refractivity contribution in [1.29, 1.82) is 0 Å². The molecular formula is C16H36FN. The van der Waals surface area contributed by atoms with Crippen molar-refractivity contribution >= 4 is 0 Å². The Morgan fingerprint density at radius 2 is 1.11 bits per heavy atom. The van der Waals surface area contributed by atoms with E-state index in [1.54, 1.807) is 0 Å². The van der Waals surface area contributed by atoms with Crippen LogP contribution in [0.2, 0.25) is 0 Å². The fourth-order valence-electron chi connectivity index (χ4n) is 2.38. The second-order valence-electron chi connectivity index (χ2n) is 5.49. The molecule has 18 heavy (non-hydrogen) atoms. The molecule has 0 fully saturated rings. The third-order valence-electron chi connectivity index (χ3n) is 3.95. The standard InChI is InChI=1S/C16H35N.FH/c1-5-9-11-15(7-3)13-17-14-16(8-4)12-10-6-2;/h15-17H,5-14H2,1-4H3;1H. The van der Waals surface area contributed by atoms with Crippen molar-refractivity contribution in [2.45, 2.75) is 79.1 Å². The van der Waals surface area contributed by atoms with Gasteiger partial charge in [0, 0.05) is 0 Å². The highest BCUT2D eigenvalue weighted by atomic mass is 19.0. The lowest BCUT2D eigenvalue weighted by atomic mass is 9.97. The molecule has 0 aliphatic heterocycles. The second kappa shape index (κ2) is 14.9. The highest BCUT2D eigenvalue weighted by molar-refractivity contribution is 4.65. The molecular weight excluding hydrogens is 225 g/mol. The highest BCUT2D eigenvalue weighted by Crippen LogP contribution is 2.13. The lowest BCUT2D eigenvalue weighted by Crippen LogP contribution is -2.28. The van der Waals surface area contributed by atoms with Crippen molar-refractivity contribution in [3.05, 3.63) is 0 Å². The van der Waals surface area contributed by atoms with Crippen molar-refractivity contribution < 1.29 is 4.70 Å². The summed E-state index contributed by atoms with van der Waals surface area (Å²) in [4.78, 5) is 0. The molecule has 1 N–H and O–H groups in total. The summed E-state index contributed by atoms with van der Waals surface area (Å²) < 4.78 is 0. The van der Waals surface area contributed by atoms with Gasteiger partial charge in [0.15, 0.2) is 0 Å². The molecule has 0 amide bonds. The Morgan fingerprint density at radius 1 is 0.722 bits per heavy atom. The van der Waals surface area contributed by atoms with E-state index >= 15 is 0 Å². The Labute approximate surface area is 114 Å². The maximum Gasteiger partial charge on any atom is -0.00205 e. The number of nitrogens with one attached hydrogen (secondary N) is 1. The van der Waals surface area contributed by atoms with Gasteiger partial charge in [-0.05, 0) is 37.8 Å². The summed E-state index contributed by atoms with van der Waals surface area (Å²) in [5, 5.41) is 3.71. The van der Waals surface area contributed by atoms with Crippen molar-refractivity contribution in [2.24, 2.45) is 11.8 Å². The summed E-state index contributed by atoms with van der Waals surface area (Å²) in [5.74, 6) is 1.80. The Balaban J connectivity index is 0. The minimum Gasteiger partial charge on any atom is -0.316 e. The molecule has 0 rings (SSSR count). The van der Waals surface area contributed by atoms with Crippen LogP contribution in [0.15, 0.2) is 0 Å². The van der Waals surface area contributed by atoms with Crippen molar-refractivity contribution in [2.75, 3.05) is 13.1 Å². The summed E-state index contributed by atoms with van der Waals surface area (Å²) in [5.41, 5.74) is 0. The molecule has 0 radical (unpaired) electrons. The molecule has 0 aliphatic rings. The van der Waals surface area contributed by atoms with Crippen LogP contribution in [0.4, 0.5) is 4.70 Å². The maximum absolute atomic E-state index is 3.71. The third-order valence-corrected chi connectivity index (χ3v) is 3.95. The topological polar surface area (TPSA) is 12.0 Å². The van der Waals surface area contributed by atoms with Gasteiger partial charge in [-0.1, -0.05) is 66.2 Å². The third kappa shape index (κ3) is 11.0. The van der Waals surface area contributed by atoms with Crippen molar-refractivity contribution in [3.8, 4) is 0 Å². The minimum absolute atomic E-state index is 0. The fraction of sp³-hybridized carbons (Fsp3) is 1.00. The summed E-state index contributed by atoms with van der Waals surface area (Å²) in [6.07, 6.45) is 10.9. The number of rotatable bonds is 12. The van der Waals surface area contributed by atoms with E-state index in [1.165, 1.54) is 64.5 Å². The molecule has 0 saturated heterocycles. The van der Waals surface area contributed by atoms with E-state index in [0.717, 1.165) is 11.8 Å². The Morgan fingerprint density at radius 3 is 1.39 bits per heavy atom. The van der Waals surface area contributed by atoms with Crippen LogP contribution in [0, 0.1) is 11.8 Å². The molecule has 2 heteroatoms. The van der Waals surface area contributed by atoms with Crippen LogP contribution in [-0.2, 0) is 0 Å². The average molecular weight is 261 g/mol. The van der Waals surface area contributed by atoms with Gasteiger partial charge >= 0.3 is 0 Å². The largest absolute Gasteiger partial charge is 0.316 e. The smallest absolute Gasteiger partial charge is 0.00205 e. The van der Waals surface area contributed by atoms with Gasteiger partial charge in [0.25, 0.3) is 0 Å². The molecule has 2 unspecified atom stereocenters. The van der Waals surface area contributed by atoms with Gasteiger partial charge in [-0.2, -0.15) is 0 Å². The molecule has 0 saturated carbocycles. The number of halogens is 1. The molecule has 2 atom stereocenters. The lowest BCUT2D eigenvalue weighted by molar-refractivity contribution is 0.372. The van der Waals surface area contributed by atoms with E-state index < -0.39 is 0 Å². The van der Waals surface area contributed by atoms with E-state index in [9.17, 15) is 0 Å². The average Bonchev–Trinajstić information content (AvgIpc) is 2.37. The summed E-state index contributed by atoms with van der Waals surface area (Å²) >= 11 is 0. The van der Waals surface area contributed by atoms with Crippen molar-refractivity contribution in [1.82, 2.24) is 5.32 Å². The van der Waals surface area contributed by atoms with E-state index in [2.05, 4.69) is 33.0 Å². The van der Waals surface area contributed by atoms with E-state index in [-0.39, 0.29) is 4.70 Å². The predicted molar refractivity (Wildman–Crippen MR) is 82.0 cm³/mol. The lowest BCUT2D eigenvalue weighted by Gasteiger charge is -2.19. The van der Waals surface area contributed by atoms with Gasteiger partial charge in [0.2, 0.25) is 0 Å². The van der Waals surface area contributed by atoms with Gasteiger partial charge in [0.1, 0.15) is 0 Å². The quantitative estimate of drug-likeness (QED) is 0.511. The molecule has 1 nitrogen and oxygen atoms in total. The second-order valence-corrected chi connectivity index (χ2v) is 5.49. The van der Waals surface area contributed by atoms with Crippen LogP contribution in [-0.4, -0.2) is 13.1 Å². The zero-order chi connectivity index (χ0) is 12.9. The SMILES string of the molecule is CCCCC(CC)CNCC(CC)CCCC.F. The highest BCUT2D eigenvalue weighted by Gasteiger charge is 2.08. The van der Waals surface area contributed by atoms with Gasteiger partial charge in [-0.25, -0.2) is 0 Å². The van der Waals surface area contributed by atoms with Gasteiger partial charge in [0.05, 0.1) is 0 Å². The first-order valence-corrected chi connectivity index (χ1v) is 7.99. The first-order valence-electron chi connectivity index (χ1n) is 7.99. The van der Waals surface area contributed by atoms with E-state index in [4.69, 9.17) is 0 Å². The van der Waals surface area contributed by atoms with Crippen LogP contribution in [0.1, 0.15) is 79.1 Å². The van der Waals surface area contributed by atoms with Crippen LogP contribution in [0.25, 0.3) is 0 Å². The summed E-state index contributed by atoms with van der Waals surface area (Å²) in [7, 11) is 0. The Kier molecular flexibility index (Phi) is 16.8. The number of hydrogen-bond donors (Lipinski definition) is 1. The molecule has 0 spiro atoms. The maximum atomic E-state index is 3.71. The summed E-state index contributed by atoms with van der Waals surface area (Å²) in [6.45, 7) is 11.7. The molecule has 0 bridgehead atoms. The normalized spacial score (nSPS) is 14.0. The first kappa shape index (κ1) is 20.2. The predicted octanol–water partition coefficient (Wildman–Crippen LogP) is 5.16. The Hall–Kier alpha value is -0.110. The van der Waals surface area contributed by atoms with Crippen LogP contribution in [0.3, 0.4) is 0 Å². The van der Waals surface area contributed by atoms with Gasteiger partial charge < -0.3 is 5.32 Å². The molecule has 0 aromatic heterocycles. The van der Waals surface area contributed by atoms with Gasteiger partial charge in [-0.15, -0.1) is 0 Å². The van der Waals surface area contributed by atoms with Crippen molar-refractivity contribution in [3.63, 3.8) is 0 Å². The Bertz CT molecular complexity index is 134. The molecule has 0 aliphatic carbocycles. The zero-order valence-corrected chi connectivity index (χ0v) is 13.1. The monoisotopic (exact) mass is 261 g/mol. The molecule has 0 aromatic carbocycles. The van der Waals surface area contributed by atoms with Gasteiger partial charge in [-0.3, -0.25) is 4.70 Å². The minimum atomic E-state index is 0. The molecule has 0 heterocycles. The molecule has 112 valence electrons. The number of hydrogen-bond acceptors (Lipinski definition) is 1. The van der Waals surface area contributed by atoms with E-state index in [0.29, 0.717) is 0 Å². The van der Waals surface area contributed by atoms with Crippen LogP contribution < -0.4 is 5.32 Å². The molecule has 0 aromatic rings. The fourth-order valence-corrected chi connectivity index (χ4v) is 2.38. The van der Waals surface area contributed by atoms with E-state index in [1.807, 2.05) is 0 Å². The first-order chi connectivity index (χ1) is 8.28. The van der Waals surface area contributed by atoms with Crippen LogP contribution >= 0.6 is 0 Å². The number of unbranched alkanes of at least 4 members (excludes halogenated alkanes) is 2. The summed E-state index contributed by atoms with van der Waals surface area (Å²) in [6, 6.07) is 0.